The SMILES string of the molecule is C[C@H]1CC[C@]2(C)C(C(=O)O)=C[C@]3(C)CC[C@@H]1[C@@H]32. The van der Waals surface area contributed by atoms with Crippen LogP contribution >= 0.6 is 0 Å². The highest BCUT2D eigenvalue weighted by Gasteiger charge is 2.62. The first kappa shape index (κ1) is 11.3. The predicted molar refractivity (Wildman–Crippen MR) is 66.5 cm³/mol. The number of carbonyl (C=O) groups is 1. The Bertz CT molecular complexity index is 411. The number of rotatable bonds is 1. The molecule has 0 spiro atoms. The molecular formula is C15H22O2. The van der Waals surface area contributed by atoms with Crippen LogP contribution in [0.3, 0.4) is 0 Å². The molecule has 0 bridgehead atoms. The van der Waals surface area contributed by atoms with Crippen LogP contribution in [-0.4, -0.2) is 11.1 Å². The summed E-state index contributed by atoms with van der Waals surface area (Å²) in [4.78, 5) is 11.5. The first-order valence-corrected chi connectivity index (χ1v) is 6.85. The van der Waals surface area contributed by atoms with Crippen molar-refractivity contribution in [2.75, 3.05) is 0 Å². The normalized spacial score (nSPS) is 52.2. The Morgan fingerprint density at radius 2 is 2.06 bits per heavy atom. The van der Waals surface area contributed by atoms with Crippen LogP contribution in [0.25, 0.3) is 0 Å². The molecule has 3 aliphatic carbocycles. The minimum absolute atomic E-state index is 0.0613. The van der Waals surface area contributed by atoms with Crippen molar-refractivity contribution in [3.05, 3.63) is 11.6 Å². The van der Waals surface area contributed by atoms with E-state index in [1.54, 1.807) is 0 Å². The molecule has 0 radical (unpaired) electrons. The molecule has 3 rings (SSSR count). The van der Waals surface area contributed by atoms with Crippen LogP contribution in [0.2, 0.25) is 0 Å². The second-order valence-corrected chi connectivity index (χ2v) is 6.98. The topological polar surface area (TPSA) is 37.3 Å². The number of aliphatic carboxylic acids is 1. The van der Waals surface area contributed by atoms with Gasteiger partial charge in [-0.25, -0.2) is 4.79 Å². The second kappa shape index (κ2) is 3.15. The van der Waals surface area contributed by atoms with E-state index in [1.807, 2.05) is 0 Å². The van der Waals surface area contributed by atoms with Crippen molar-refractivity contribution in [1.29, 1.82) is 0 Å². The van der Waals surface area contributed by atoms with Crippen molar-refractivity contribution in [2.45, 2.75) is 46.5 Å². The van der Waals surface area contributed by atoms with Gasteiger partial charge < -0.3 is 5.11 Å². The summed E-state index contributed by atoms with van der Waals surface area (Å²) < 4.78 is 0. The molecule has 94 valence electrons. The molecule has 0 aliphatic heterocycles. The van der Waals surface area contributed by atoms with Gasteiger partial charge in [0, 0.05) is 11.0 Å². The van der Waals surface area contributed by atoms with E-state index < -0.39 is 5.97 Å². The van der Waals surface area contributed by atoms with Gasteiger partial charge in [0.25, 0.3) is 0 Å². The van der Waals surface area contributed by atoms with E-state index in [0.29, 0.717) is 11.5 Å². The quantitative estimate of drug-likeness (QED) is 0.754. The van der Waals surface area contributed by atoms with Gasteiger partial charge in [0.2, 0.25) is 0 Å². The Morgan fingerprint density at radius 3 is 2.71 bits per heavy atom. The molecule has 1 N–H and O–H groups in total. The number of hydrogen-bond donors (Lipinski definition) is 1. The van der Waals surface area contributed by atoms with Crippen molar-refractivity contribution in [2.24, 2.45) is 28.6 Å². The molecule has 17 heavy (non-hydrogen) atoms. The smallest absolute Gasteiger partial charge is 0.331 e. The van der Waals surface area contributed by atoms with Crippen molar-refractivity contribution in [3.63, 3.8) is 0 Å². The fourth-order valence-electron chi connectivity index (χ4n) is 5.26. The molecule has 2 saturated carbocycles. The fourth-order valence-corrected chi connectivity index (χ4v) is 5.26. The molecule has 0 aromatic heterocycles. The molecule has 5 atom stereocenters. The molecule has 3 aliphatic rings. The van der Waals surface area contributed by atoms with E-state index in [0.717, 1.165) is 18.3 Å². The predicted octanol–water partition coefficient (Wildman–Crippen LogP) is 3.48. The third kappa shape index (κ3) is 1.24. The van der Waals surface area contributed by atoms with Crippen LogP contribution in [0, 0.1) is 28.6 Å². The van der Waals surface area contributed by atoms with E-state index in [-0.39, 0.29) is 10.8 Å². The Morgan fingerprint density at radius 1 is 1.35 bits per heavy atom. The lowest BCUT2D eigenvalue weighted by molar-refractivity contribution is -0.134. The Kier molecular flexibility index (Phi) is 2.10. The van der Waals surface area contributed by atoms with Crippen LogP contribution in [0.1, 0.15) is 46.5 Å². The Labute approximate surface area is 103 Å². The van der Waals surface area contributed by atoms with Gasteiger partial charge in [0.05, 0.1) is 0 Å². The van der Waals surface area contributed by atoms with Crippen LogP contribution < -0.4 is 0 Å². The maximum Gasteiger partial charge on any atom is 0.331 e. The molecule has 0 heterocycles. The average molecular weight is 234 g/mol. The molecule has 2 fully saturated rings. The summed E-state index contributed by atoms with van der Waals surface area (Å²) in [7, 11) is 0. The molecule has 2 heteroatoms. The summed E-state index contributed by atoms with van der Waals surface area (Å²) in [5.74, 6) is 1.41. The highest BCUT2D eigenvalue weighted by Crippen LogP contribution is 2.68. The van der Waals surface area contributed by atoms with Gasteiger partial charge in [-0.3, -0.25) is 0 Å². The zero-order chi connectivity index (χ0) is 12.4. The molecule has 0 unspecified atom stereocenters. The van der Waals surface area contributed by atoms with Crippen LogP contribution in [0.4, 0.5) is 0 Å². The first-order chi connectivity index (χ1) is 7.88. The van der Waals surface area contributed by atoms with Crippen molar-refractivity contribution < 1.29 is 9.90 Å². The fraction of sp³-hybridized carbons (Fsp3) is 0.800. The minimum atomic E-state index is -0.684. The molecule has 0 amide bonds. The van der Waals surface area contributed by atoms with Gasteiger partial charge in [-0.2, -0.15) is 0 Å². The highest BCUT2D eigenvalue weighted by molar-refractivity contribution is 5.89. The maximum atomic E-state index is 11.5. The van der Waals surface area contributed by atoms with Gasteiger partial charge >= 0.3 is 5.97 Å². The number of carboxylic acids is 1. The molecule has 2 nitrogen and oxygen atoms in total. The van der Waals surface area contributed by atoms with Gasteiger partial charge in [-0.05, 0) is 48.9 Å². The lowest BCUT2D eigenvalue weighted by Crippen LogP contribution is -2.42. The Hall–Kier alpha value is -0.790. The number of carboxylic acid groups (broad SMARTS) is 1. The maximum absolute atomic E-state index is 11.5. The lowest BCUT2D eigenvalue weighted by atomic mass is 9.57. The third-order valence-electron chi connectivity index (χ3n) is 6.01. The van der Waals surface area contributed by atoms with Crippen molar-refractivity contribution >= 4 is 5.97 Å². The number of allylic oxidation sites excluding steroid dienone is 1. The van der Waals surface area contributed by atoms with E-state index in [1.165, 1.54) is 19.3 Å². The van der Waals surface area contributed by atoms with E-state index in [4.69, 9.17) is 0 Å². The Balaban J connectivity index is 2.10. The zero-order valence-electron chi connectivity index (χ0n) is 11.0. The average Bonchev–Trinajstić information content (AvgIpc) is 2.70. The molecule has 0 aromatic carbocycles. The van der Waals surface area contributed by atoms with Crippen molar-refractivity contribution in [3.8, 4) is 0 Å². The molecule has 0 saturated heterocycles. The summed E-state index contributed by atoms with van der Waals surface area (Å²) in [6.07, 6.45) is 6.83. The van der Waals surface area contributed by atoms with Gasteiger partial charge in [-0.1, -0.05) is 26.8 Å². The summed E-state index contributed by atoms with van der Waals surface area (Å²) >= 11 is 0. The molecular weight excluding hydrogens is 212 g/mol. The van der Waals surface area contributed by atoms with Crippen molar-refractivity contribution in [1.82, 2.24) is 0 Å². The minimum Gasteiger partial charge on any atom is -0.478 e. The second-order valence-electron chi connectivity index (χ2n) is 6.98. The zero-order valence-corrected chi connectivity index (χ0v) is 11.0. The van der Waals surface area contributed by atoms with Gasteiger partial charge in [-0.15, -0.1) is 0 Å². The number of hydrogen-bond acceptors (Lipinski definition) is 1. The third-order valence-corrected chi connectivity index (χ3v) is 6.01. The summed E-state index contributed by atoms with van der Waals surface area (Å²) in [6, 6.07) is 0. The van der Waals surface area contributed by atoms with E-state index in [2.05, 4.69) is 26.8 Å². The summed E-state index contributed by atoms with van der Waals surface area (Å²) in [5, 5.41) is 9.46. The standard InChI is InChI=1S/C15H22O2/c1-9-4-7-15(3)11(13(16)17)8-14(2)6-5-10(9)12(14)15/h8-10,12H,4-7H2,1-3H3,(H,16,17)/t9-,10-,12-,14-,15+/m0/s1. The lowest BCUT2D eigenvalue weighted by Gasteiger charge is -2.46. The van der Waals surface area contributed by atoms with Crippen LogP contribution in [0.5, 0.6) is 0 Å². The van der Waals surface area contributed by atoms with Crippen LogP contribution in [-0.2, 0) is 4.79 Å². The monoisotopic (exact) mass is 234 g/mol. The summed E-state index contributed by atoms with van der Waals surface area (Å²) in [5.41, 5.74) is 0.803. The van der Waals surface area contributed by atoms with E-state index in [9.17, 15) is 9.90 Å². The highest BCUT2D eigenvalue weighted by atomic mass is 16.4. The van der Waals surface area contributed by atoms with Gasteiger partial charge in [0.15, 0.2) is 0 Å². The van der Waals surface area contributed by atoms with E-state index >= 15 is 0 Å². The van der Waals surface area contributed by atoms with Crippen LogP contribution in [0.15, 0.2) is 11.6 Å². The van der Waals surface area contributed by atoms with Gasteiger partial charge in [0.1, 0.15) is 0 Å². The summed E-state index contributed by atoms with van der Waals surface area (Å²) in [6.45, 7) is 6.84. The molecule has 0 aromatic rings. The first-order valence-electron chi connectivity index (χ1n) is 6.85. The largest absolute Gasteiger partial charge is 0.478 e.